The van der Waals surface area contributed by atoms with E-state index in [9.17, 15) is 5.11 Å². The van der Waals surface area contributed by atoms with Crippen molar-refractivity contribution in [3.05, 3.63) is 0 Å². The SMILES string of the molecule is CCCCCCCC[N+](C)(CCO)CCCCCCCC. The van der Waals surface area contributed by atoms with Gasteiger partial charge >= 0.3 is 0 Å². The van der Waals surface area contributed by atoms with E-state index in [1.807, 2.05) is 0 Å². The van der Waals surface area contributed by atoms with Gasteiger partial charge in [0.25, 0.3) is 0 Å². The van der Waals surface area contributed by atoms with E-state index in [0.29, 0.717) is 6.61 Å². The molecule has 2 heteroatoms. The van der Waals surface area contributed by atoms with E-state index in [4.69, 9.17) is 0 Å². The van der Waals surface area contributed by atoms with Crippen LogP contribution >= 0.6 is 0 Å². The maximum atomic E-state index is 9.33. The number of aliphatic hydroxyl groups is 1. The lowest BCUT2D eigenvalue weighted by Crippen LogP contribution is -2.47. The summed E-state index contributed by atoms with van der Waals surface area (Å²) < 4.78 is 1.08. The van der Waals surface area contributed by atoms with Gasteiger partial charge in [-0.3, -0.25) is 0 Å². The molecule has 0 aliphatic rings. The topological polar surface area (TPSA) is 20.2 Å². The summed E-state index contributed by atoms with van der Waals surface area (Å²) in [6.07, 6.45) is 16.4. The van der Waals surface area contributed by atoms with Crippen LogP contribution in [0.5, 0.6) is 0 Å². The Kier molecular flexibility index (Phi) is 14.8. The molecule has 21 heavy (non-hydrogen) atoms. The Morgan fingerprint density at radius 3 is 1.33 bits per heavy atom. The van der Waals surface area contributed by atoms with E-state index in [1.165, 1.54) is 90.1 Å². The molecular weight excluding hydrogens is 258 g/mol. The Bertz CT molecular complexity index is 190. The van der Waals surface area contributed by atoms with Gasteiger partial charge in [0.05, 0.1) is 26.7 Å². The molecule has 128 valence electrons. The number of hydrogen-bond acceptors (Lipinski definition) is 1. The molecule has 2 nitrogen and oxygen atoms in total. The average Bonchev–Trinajstić information content (AvgIpc) is 2.47. The molecule has 0 heterocycles. The maximum Gasteiger partial charge on any atom is 0.102 e. The monoisotopic (exact) mass is 300 g/mol. The van der Waals surface area contributed by atoms with Crippen molar-refractivity contribution in [2.75, 3.05) is 33.3 Å². The van der Waals surface area contributed by atoms with Crippen molar-refractivity contribution in [1.29, 1.82) is 0 Å². The zero-order chi connectivity index (χ0) is 15.8. The first-order valence-electron chi connectivity index (χ1n) is 9.63. The van der Waals surface area contributed by atoms with Crippen LogP contribution in [0.1, 0.15) is 90.9 Å². The Morgan fingerprint density at radius 2 is 0.952 bits per heavy atom. The summed E-state index contributed by atoms with van der Waals surface area (Å²) >= 11 is 0. The van der Waals surface area contributed by atoms with E-state index in [0.717, 1.165) is 11.0 Å². The zero-order valence-corrected chi connectivity index (χ0v) is 15.2. The maximum absolute atomic E-state index is 9.33. The van der Waals surface area contributed by atoms with E-state index < -0.39 is 0 Å². The minimum Gasteiger partial charge on any atom is -0.391 e. The molecule has 0 saturated heterocycles. The van der Waals surface area contributed by atoms with Crippen molar-refractivity contribution in [3.63, 3.8) is 0 Å². The number of nitrogens with zero attached hydrogens (tertiary/aromatic N) is 1. The van der Waals surface area contributed by atoms with E-state index >= 15 is 0 Å². The number of aliphatic hydroxyl groups excluding tert-OH is 1. The van der Waals surface area contributed by atoms with Crippen LogP contribution in [0.25, 0.3) is 0 Å². The summed E-state index contributed by atoms with van der Waals surface area (Å²) in [6.45, 7) is 8.32. The number of rotatable bonds is 16. The highest BCUT2D eigenvalue weighted by molar-refractivity contribution is 4.48. The Hall–Kier alpha value is -0.0800. The molecule has 0 atom stereocenters. The van der Waals surface area contributed by atoms with Crippen LogP contribution in [0.3, 0.4) is 0 Å². The summed E-state index contributed by atoms with van der Waals surface area (Å²) in [6, 6.07) is 0. The fourth-order valence-corrected chi connectivity index (χ4v) is 3.12. The van der Waals surface area contributed by atoms with Gasteiger partial charge in [0.2, 0.25) is 0 Å². The molecular formula is C19H42NO+. The fraction of sp³-hybridized carbons (Fsp3) is 1.00. The molecule has 0 amide bonds. The van der Waals surface area contributed by atoms with Crippen LogP contribution in [0, 0.1) is 0 Å². The fourth-order valence-electron chi connectivity index (χ4n) is 3.12. The molecule has 0 aromatic heterocycles. The van der Waals surface area contributed by atoms with Gasteiger partial charge in [0, 0.05) is 0 Å². The lowest BCUT2D eigenvalue weighted by atomic mass is 10.1. The molecule has 0 aliphatic carbocycles. The van der Waals surface area contributed by atoms with Crippen LogP contribution < -0.4 is 0 Å². The van der Waals surface area contributed by atoms with Gasteiger partial charge in [0.1, 0.15) is 6.54 Å². The molecule has 0 fully saturated rings. The largest absolute Gasteiger partial charge is 0.391 e. The van der Waals surface area contributed by atoms with E-state index in [2.05, 4.69) is 20.9 Å². The van der Waals surface area contributed by atoms with Crippen LogP contribution in [0.4, 0.5) is 0 Å². The Morgan fingerprint density at radius 1 is 0.571 bits per heavy atom. The number of likely N-dealkylation sites (N-methyl/N-ethyl adjacent to an activating group) is 1. The summed E-state index contributed by atoms with van der Waals surface area (Å²) in [7, 11) is 2.34. The van der Waals surface area contributed by atoms with Crippen LogP contribution in [0.2, 0.25) is 0 Å². The quantitative estimate of drug-likeness (QED) is 0.309. The molecule has 0 unspecified atom stereocenters. The first-order chi connectivity index (χ1) is 10.2. The second kappa shape index (κ2) is 14.8. The molecule has 0 rings (SSSR count). The molecule has 0 aromatic carbocycles. The van der Waals surface area contributed by atoms with Gasteiger partial charge in [-0.25, -0.2) is 0 Å². The van der Waals surface area contributed by atoms with Gasteiger partial charge in [0.15, 0.2) is 0 Å². The molecule has 0 radical (unpaired) electrons. The first kappa shape index (κ1) is 20.9. The lowest BCUT2D eigenvalue weighted by molar-refractivity contribution is -0.910. The number of quaternary nitrogens is 1. The van der Waals surface area contributed by atoms with Gasteiger partial charge in [-0.2, -0.15) is 0 Å². The zero-order valence-electron chi connectivity index (χ0n) is 15.2. The van der Waals surface area contributed by atoms with Crippen LogP contribution in [-0.4, -0.2) is 42.9 Å². The number of hydrogen-bond donors (Lipinski definition) is 1. The van der Waals surface area contributed by atoms with Crippen molar-refractivity contribution in [2.24, 2.45) is 0 Å². The summed E-state index contributed by atoms with van der Waals surface area (Å²) in [5.74, 6) is 0. The van der Waals surface area contributed by atoms with Crippen molar-refractivity contribution < 1.29 is 9.59 Å². The third kappa shape index (κ3) is 13.3. The third-order valence-electron chi connectivity index (χ3n) is 4.74. The highest BCUT2D eigenvalue weighted by Gasteiger charge is 2.19. The molecule has 0 aliphatic heterocycles. The molecule has 0 saturated carbocycles. The first-order valence-corrected chi connectivity index (χ1v) is 9.63. The lowest BCUT2D eigenvalue weighted by Gasteiger charge is -2.34. The van der Waals surface area contributed by atoms with Crippen LogP contribution in [-0.2, 0) is 0 Å². The predicted molar refractivity (Wildman–Crippen MR) is 94.6 cm³/mol. The van der Waals surface area contributed by atoms with E-state index in [-0.39, 0.29) is 0 Å². The van der Waals surface area contributed by atoms with Gasteiger partial charge in [-0.05, 0) is 25.7 Å². The molecule has 0 aromatic rings. The van der Waals surface area contributed by atoms with E-state index in [1.54, 1.807) is 0 Å². The number of unbranched alkanes of at least 4 members (excludes halogenated alkanes) is 10. The molecule has 0 bridgehead atoms. The highest BCUT2D eigenvalue weighted by atomic mass is 16.3. The highest BCUT2D eigenvalue weighted by Crippen LogP contribution is 2.13. The van der Waals surface area contributed by atoms with Gasteiger partial charge in [-0.1, -0.05) is 65.2 Å². The predicted octanol–water partition coefficient (Wildman–Crippen LogP) is 5.15. The minimum absolute atomic E-state index is 0.335. The van der Waals surface area contributed by atoms with Crippen molar-refractivity contribution in [1.82, 2.24) is 0 Å². The molecule has 1 N–H and O–H groups in total. The second-order valence-electron chi connectivity index (χ2n) is 7.05. The van der Waals surface area contributed by atoms with Gasteiger partial charge in [-0.15, -0.1) is 0 Å². The van der Waals surface area contributed by atoms with Crippen LogP contribution in [0.15, 0.2) is 0 Å². The third-order valence-corrected chi connectivity index (χ3v) is 4.74. The Labute approximate surface area is 134 Å². The van der Waals surface area contributed by atoms with Crippen molar-refractivity contribution in [3.8, 4) is 0 Å². The van der Waals surface area contributed by atoms with Gasteiger partial charge < -0.3 is 9.59 Å². The van der Waals surface area contributed by atoms with Crippen molar-refractivity contribution in [2.45, 2.75) is 90.9 Å². The summed E-state index contributed by atoms with van der Waals surface area (Å²) in [5.41, 5.74) is 0. The minimum atomic E-state index is 0.335. The Balaban J connectivity index is 3.73. The molecule has 0 spiro atoms. The second-order valence-corrected chi connectivity index (χ2v) is 7.05. The normalized spacial score (nSPS) is 12.0. The standard InChI is InChI=1S/C19H42NO/c1-4-6-8-10-12-14-16-20(3,18-19-21)17-15-13-11-9-7-5-2/h21H,4-19H2,1-3H3/q+1. The summed E-state index contributed by atoms with van der Waals surface area (Å²) in [4.78, 5) is 0. The summed E-state index contributed by atoms with van der Waals surface area (Å²) in [5, 5.41) is 9.33. The van der Waals surface area contributed by atoms with Crippen molar-refractivity contribution >= 4 is 0 Å². The smallest absolute Gasteiger partial charge is 0.102 e. The average molecular weight is 301 g/mol.